The zero-order valence-electron chi connectivity index (χ0n) is 14.5. The third-order valence-corrected chi connectivity index (χ3v) is 4.40. The number of aryl methyl sites for hydroxylation is 3. The van der Waals surface area contributed by atoms with E-state index in [1.807, 2.05) is 24.9 Å². The Morgan fingerprint density at radius 3 is 2.91 bits per heavy atom. The second-order valence-electron chi connectivity index (χ2n) is 6.17. The number of hydrogen-bond donors (Lipinski definition) is 0. The van der Waals surface area contributed by atoms with Gasteiger partial charge in [0.05, 0.1) is 18.4 Å². The van der Waals surface area contributed by atoms with Crippen molar-refractivity contribution in [3.05, 3.63) is 34.5 Å². The second kappa shape index (κ2) is 6.66. The van der Waals surface area contributed by atoms with Gasteiger partial charge in [0.15, 0.2) is 0 Å². The van der Waals surface area contributed by atoms with Crippen LogP contribution in [0, 0.1) is 6.92 Å². The van der Waals surface area contributed by atoms with Gasteiger partial charge in [-0.3, -0.25) is 4.90 Å². The van der Waals surface area contributed by atoms with Crippen LogP contribution < -0.4 is 4.74 Å². The Morgan fingerprint density at radius 1 is 1.35 bits per heavy atom. The van der Waals surface area contributed by atoms with Gasteiger partial charge < -0.3 is 4.74 Å². The number of aromatic nitrogens is 4. The summed E-state index contributed by atoms with van der Waals surface area (Å²) in [4.78, 5) is 11.6. The van der Waals surface area contributed by atoms with E-state index in [1.165, 1.54) is 16.8 Å². The summed E-state index contributed by atoms with van der Waals surface area (Å²) in [6.07, 6.45) is 5.04. The van der Waals surface area contributed by atoms with Crippen LogP contribution in [0.1, 0.15) is 41.7 Å². The van der Waals surface area contributed by atoms with Crippen LogP contribution in [-0.2, 0) is 33.0 Å². The molecule has 0 spiro atoms. The lowest BCUT2D eigenvalue weighted by Gasteiger charge is -2.28. The van der Waals surface area contributed by atoms with Crippen molar-refractivity contribution in [3.8, 4) is 5.88 Å². The molecule has 2 aromatic heterocycles. The molecular weight excluding hydrogens is 290 g/mol. The van der Waals surface area contributed by atoms with Crippen molar-refractivity contribution in [2.75, 3.05) is 13.7 Å². The van der Waals surface area contributed by atoms with Crippen molar-refractivity contribution >= 4 is 0 Å². The fraction of sp³-hybridized carbons (Fsp3) is 0.588. The molecule has 6 nitrogen and oxygen atoms in total. The van der Waals surface area contributed by atoms with E-state index in [0.29, 0.717) is 0 Å². The Balaban J connectivity index is 1.75. The molecule has 6 heteroatoms. The SMILES string of the molecule is CCCc1ncc2c(n1)CCN(Cc1c(C)nn(C)c1OC)C2. The molecule has 23 heavy (non-hydrogen) atoms. The zero-order valence-corrected chi connectivity index (χ0v) is 14.5. The Kier molecular flexibility index (Phi) is 4.61. The molecule has 1 aliphatic rings. The predicted octanol–water partition coefficient (Wildman–Crippen LogP) is 2.04. The molecular formula is C17H25N5O. The summed E-state index contributed by atoms with van der Waals surface area (Å²) in [5, 5.41) is 4.46. The van der Waals surface area contributed by atoms with Crippen LogP contribution in [0.2, 0.25) is 0 Å². The first-order valence-electron chi connectivity index (χ1n) is 8.24. The first-order valence-corrected chi connectivity index (χ1v) is 8.24. The molecule has 0 bridgehead atoms. The highest BCUT2D eigenvalue weighted by Gasteiger charge is 2.22. The van der Waals surface area contributed by atoms with Crippen molar-refractivity contribution in [1.29, 1.82) is 0 Å². The van der Waals surface area contributed by atoms with E-state index in [4.69, 9.17) is 9.72 Å². The molecule has 3 rings (SSSR count). The van der Waals surface area contributed by atoms with Gasteiger partial charge in [-0.25, -0.2) is 14.6 Å². The Labute approximate surface area is 137 Å². The summed E-state index contributed by atoms with van der Waals surface area (Å²) in [5.74, 6) is 1.83. The van der Waals surface area contributed by atoms with Crippen molar-refractivity contribution in [1.82, 2.24) is 24.6 Å². The first-order chi connectivity index (χ1) is 11.1. The third-order valence-electron chi connectivity index (χ3n) is 4.40. The molecule has 0 radical (unpaired) electrons. The van der Waals surface area contributed by atoms with Crippen LogP contribution in [0.15, 0.2) is 6.20 Å². The highest BCUT2D eigenvalue weighted by Crippen LogP contribution is 2.25. The molecule has 0 fully saturated rings. The van der Waals surface area contributed by atoms with Crippen LogP contribution >= 0.6 is 0 Å². The van der Waals surface area contributed by atoms with Gasteiger partial charge in [0.2, 0.25) is 5.88 Å². The average molecular weight is 315 g/mol. The Hall–Kier alpha value is -1.95. The minimum Gasteiger partial charge on any atom is -0.481 e. The number of ether oxygens (including phenoxy) is 1. The standard InChI is InChI=1S/C17H25N5O/c1-5-6-16-18-9-13-10-22(8-7-15(13)19-16)11-14-12(2)20-21(3)17(14)23-4/h9H,5-8,10-11H2,1-4H3. The Bertz CT molecular complexity index is 695. The molecule has 0 aliphatic carbocycles. The number of rotatable bonds is 5. The van der Waals surface area contributed by atoms with Crippen molar-refractivity contribution in [2.45, 2.75) is 46.2 Å². The third kappa shape index (κ3) is 3.22. The monoisotopic (exact) mass is 315 g/mol. The number of hydrogen-bond acceptors (Lipinski definition) is 5. The van der Waals surface area contributed by atoms with Gasteiger partial charge in [-0.05, 0) is 13.3 Å². The smallest absolute Gasteiger partial charge is 0.216 e. The quantitative estimate of drug-likeness (QED) is 0.845. The summed E-state index contributed by atoms with van der Waals surface area (Å²) >= 11 is 0. The molecule has 0 atom stereocenters. The lowest BCUT2D eigenvalue weighted by Crippen LogP contribution is -2.31. The maximum absolute atomic E-state index is 5.50. The molecule has 0 saturated carbocycles. The fourth-order valence-electron chi connectivity index (χ4n) is 3.24. The zero-order chi connectivity index (χ0) is 16.4. The predicted molar refractivity (Wildman–Crippen MR) is 88.3 cm³/mol. The van der Waals surface area contributed by atoms with Crippen LogP contribution in [0.5, 0.6) is 5.88 Å². The van der Waals surface area contributed by atoms with E-state index < -0.39 is 0 Å². The lowest BCUT2D eigenvalue weighted by molar-refractivity contribution is 0.237. The molecule has 0 aromatic carbocycles. The highest BCUT2D eigenvalue weighted by molar-refractivity contribution is 5.31. The molecule has 124 valence electrons. The minimum atomic E-state index is 0.846. The number of fused-ring (bicyclic) bond motifs is 1. The fourth-order valence-corrected chi connectivity index (χ4v) is 3.24. The van der Waals surface area contributed by atoms with Crippen LogP contribution in [0.4, 0.5) is 0 Å². The maximum Gasteiger partial charge on any atom is 0.216 e. The molecule has 0 unspecified atom stereocenters. The highest BCUT2D eigenvalue weighted by atomic mass is 16.5. The van der Waals surface area contributed by atoms with Gasteiger partial charge in [-0.15, -0.1) is 0 Å². The lowest BCUT2D eigenvalue weighted by atomic mass is 10.1. The summed E-state index contributed by atoms with van der Waals surface area (Å²) in [6, 6.07) is 0. The molecule has 2 aromatic rings. The number of methoxy groups -OCH3 is 1. The number of nitrogens with zero attached hydrogens (tertiary/aromatic N) is 5. The van der Waals surface area contributed by atoms with Crippen molar-refractivity contribution in [3.63, 3.8) is 0 Å². The van der Waals surface area contributed by atoms with Crippen LogP contribution in [0.3, 0.4) is 0 Å². The summed E-state index contributed by atoms with van der Waals surface area (Å²) in [5.41, 5.74) is 4.66. The van der Waals surface area contributed by atoms with E-state index in [1.54, 1.807) is 7.11 Å². The van der Waals surface area contributed by atoms with E-state index >= 15 is 0 Å². The van der Waals surface area contributed by atoms with Gasteiger partial charge in [0.1, 0.15) is 5.82 Å². The minimum absolute atomic E-state index is 0.846. The van der Waals surface area contributed by atoms with Gasteiger partial charge in [0.25, 0.3) is 0 Å². The van der Waals surface area contributed by atoms with Gasteiger partial charge in [0, 0.05) is 57.0 Å². The largest absolute Gasteiger partial charge is 0.481 e. The molecule has 0 amide bonds. The Morgan fingerprint density at radius 2 is 2.17 bits per heavy atom. The van der Waals surface area contributed by atoms with Crippen molar-refractivity contribution < 1.29 is 4.74 Å². The molecule has 1 aliphatic heterocycles. The van der Waals surface area contributed by atoms with E-state index in [2.05, 4.69) is 21.9 Å². The van der Waals surface area contributed by atoms with E-state index in [-0.39, 0.29) is 0 Å². The van der Waals surface area contributed by atoms with E-state index in [9.17, 15) is 0 Å². The summed E-state index contributed by atoms with van der Waals surface area (Å²) < 4.78 is 7.31. The summed E-state index contributed by atoms with van der Waals surface area (Å²) in [6.45, 7) is 6.94. The summed E-state index contributed by atoms with van der Waals surface area (Å²) in [7, 11) is 3.62. The second-order valence-corrected chi connectivity index (χ2v) is 6.17. The maximum atomic E-state index is 5.50. The molecule has 0 saturated heterocycles. The van der Waals surface area contributed by atoms with Crippen molar-refractivity contribution in [2.24, 2.45) is 7.05 Å². The average Bonchev–Trinajstić information content (AvgIpc) is 2.81. The first kappa shape index (κ1) is 15.9. The molecule has 0 N–H and O–H groups in total. The van der Waals surface area contributed by atoms with Gasteiger partial charge >= 0.3 is 0 Å². The molecule has 3 heterocycles. The van der Waals surface area contributed by atoms with Crippen LogP contribution in [0.25, 0.3) is 0 Å². The van der Waals surface area contributed by atoms with E-state index in [0.717, 1.165) is 56.3 Å². The van der Waals surface area contributed by atoms with Gasteiger partial charge in [-0.2, -0.15) is 5.10 Å². The normalized spacial score (nSPS) is 14.8. The topological polar surface area (TPSA) is 56.1 Å². The van der Waals surface area contributed by atoms with Gasteiger partial charge in [-0.1, -0.05) is 6.92 Å². The van der Waals surface area contributed by atoms with Crippen LogP contribution in [-0.4, -0.2) is 38.3 Å².